The molecule has 0 fully saturated rings. The van der Waals surface area contributed by atoms with E-state index in [1.54, 1.807) is 6.08 Å². The Morgan fingerprint density at radius 3 is 1.75 bits per heavy atom. The lowest BCUT2D eigenvalue weighted by Crippen LogP contribution is -1.95. The van der Waals surface area contributed by atoms with Crippen LogP contribution in [0, 0.1) is 11.8 Å². The van der Waals surface area contributed by atoms with E-state index in [2.05, 4.69) is 11.8 Å². The Morgan fingerprint density at radius 2 is 1.17 bits per heavy atom. The van der Waals surface area contributed by atoms with Crippen molar-refractivity contribution in [1.82, 2.24) is 0 Å². The van der Waals surface area contributed by atoms with Crippen LogP contribution >= 0.6 is 0 Å². The predicted octanol–water partition coefficient (Wildman–Crippen LogP) is 5.00. The molecule has 0 atom stereocenters. The van der Waals surface area contributed by atoms with E-state index in [0.717, 1.165) is 11.1 Å². The second-order valence-electron chi connectivity index (χ2n) is 5.27. The smallest absolute Gasteiger partial charge is 0.187 e. The van der Waals surface area contributed by atoms with E-state index >= 15 is 0 Å². The minimum Gasteiger partial charge on any atom is -0.289 e. The van der Waals surface area contributed by atoms with Gasteiger partial charge in [0.25, 0.3) is 0 Å². The minimum absolute atomic E-state index is 0.0446. The normalized spacial score (nSPS) is 10.6. The number of hydrogen-bond donors (Lipinski definition) is 0. The molecule has 3 aromatic rings. The quantitative estimate of drug-likeness (QED) is 0.378. The summed E-state index contributed by atoms with van der Waals surface area (Å²) in [6, 6.07) is 28.8. The number of carbonyl (C=O) groups is 1. The van der Waals surface area contributed by atoms with Crippen molar-refractivity contribution in [2.24, 2.45) is 0 Å². The van der Waals surface area contributed by atoms with Crippen LogP contribution in [-0.4, -0.2) is 5.78 Å². The summed E-state index contributed by atoms with van der Waals surface area (Å²) in [5.74, 6) is 6.23. The molecule has 0 saturated carbocycles. The predicted molar refractivity (Wildman–Crippen MR) is 98.5 cm³/mol. The second-order valence-corrected chi connectivity index (χ2v) is 5.27. The van der Waals surface area contributed by atoms with Crippen molar-refractivity contribution >= 4 is 11.4 Å². The van der Waals surface area contributed by atoms with Crippen molar-refractivity contribution in [3.05, 3.63) is 114 Å². The fourth-order valence-electron chi connectivity index (χ4n) is 2.29. The summed E-state index contributed by atoms with van der Waals surface area (Å²) >= 11 is 0. The zero-order valence-electron chi connectivity index (χ0n) is 13.1. The molecule has 0 aliphatic carbocycles. The van der Waals surface area contributed by atoms with Crippen LogP contribution < -0.4 is 0 Å². The van der Waals surface area contributed by atoms with Crippen molar-refractivity contribution in [3.8, 4) is 11.8 Å². The maximum Gasteiger partial charge on any atom is 0.187 e. The van der Waals surface area contributed by atoms with E-state index in [-0.39, 0.29) is 5.78 Å². The molecule has 0 heterocycles. The van der Waals surface area contributed by atoms with Crippen LogP contribution in [0.5, 0.6) is 0 Å². The fraction of sp³-hybridized carbons (Fsp3) is 0. The van der Waals surface area contributed by atoms with Gasteiger partial charge in [-0.15, -0.1) is 0 Å². The maximum atomic E-state index is 12.5. The number of allylic oxidation sites excluding steroid dienone is 2. The lowest BCUT2D eigenvalue weighted by atomic mass is 10.0. The third-order valence-electron chi connectivity index (χ3n) is 3.53. The van der Waals surface area contributed by atoms with Crippen LogP contribution in [0.1, 0.15) is 21.5 Å². The highest BCUT2D eigenvalue weighted by atomic mass is 16.1. The average Bonchev–Trinajstić information content (AvgIpc) is 2.67. The zero-order chi connectivity index (χ0) is 16.6. The lowest BCUT2D eigenvalue weighted by molar-refractivity contribution is 0.104. The summed E-state index contributed by atoms with van der Waals surface area (Å²) in [6.07, 6.45) is 1.61. The largest absolute Gasteiger partial charge is 0.289 e. The average molecular weight is 308 g/mol. The molecule has 0 saturated heterocycles. The van der Waals surface area contributed by atoms with Crippen molar-refractivity contribution < 1.29 is 4.79 Å². The second kappa shape index (κ2) is 7.76. The van der Waals surface area contributed by atoms with Crippen molar-refractivity contribution in [2.75, 3.05) is 0 Å². The highest BCUT2D eigenvalue weighted by molar-refractivity contribution is 6.10. The Bertz CT molecular complexity index is 896. The van der Waals surface area contributed by atoms with Crippen molar-refractivity contribution in [2.45, 2.75) is 0 Å². The minimum atomic E-state index is -0.0446. The molecule has 0 radical (unpaired) electrons. The Labute approximate surface area is 142 Å². The first-order chi connectivity index (χ1) is 11.8. The van der Waals surface area contributed by atoms with Gasteiger partial charge in [-0.25, -0.2) is 0 Å². The molecule has 0 aromatic heterocycles. The third kappa shape index (κ3) is 4.09. The number of rotatable bonds is 3. The summed E-state index contributed by atoms with van der Waals surface area (Å²) in [7, 11) is 0. The van der Waals surface area contributed by atoms with Gasteiger partial charge in [0.05, 0.1) is 0 Å². The molecule has 0 bridgehead atoms. The van der Waals surface area contributed by atoms with E-state index < -0.39 is 0 Å². The zero-order valence-corrected chi connectivity index (χ0v) is 13.1. The van der Waals surface area contributed by atoms with Crippen LogP contribution in [0.4, 0.5) is 0 Å². The van der Waals surface area contributed by atoms with E-state index in [1.165, 1.54) is 0 Å². The summed E-state index contributed by atoms with van der Waals surface area (Å²) < 4.78 is 0. The highest BCUT2D eigenvalue weighted by Crippen LogP contribution is 2.15. The van der Waals surface area contributed by atoms with Crippen molar-refractivity contribution in [1.29, 1.82) is 0 Å². The number of benzene rings is 3. The number of ketones is 1. The molecule has 0 spiro atoms. The first kappa shape index (κ1) is 15.5. The molecule has 0 N–H and O–H groups in total. The Hall–Kier alpha value is -3.37. The summed E-state index contributed by atoms with van der Waals surface area (Å²) in [4.78, 5) is 12.5. The Kier molecular flexibility index (Phi) is 5.02. The molecular formula is C23H16O. The molecule has 24 heavy (non-hydrogen) atoms. The van der Waals surface area contributed by atoms with Gasteiger partial charge in [-0.3, -0.25) is 4.79 Å². The summed E-state index contributed by atoms with van der Waals surface area (Å²) in [6.45, 7) is 0. The van der Waals surface area contributed by atoms with Gasteiger partial charge in [0.1, 0.15) is 0 Å². The first-order valence-electron chi connectivity index (χ1n) is 7.76. The number of carbonyl (C=O) groups excluding carboxylic acids is 1. The molecule has 0 aliphatic rings. The van der Waals surface area contributed by atoms with E-state index in [1.807, 2.05) is 91.0 Å². The molecule has 0 unspecified atom stereocenters. The lowest BCUT2D eigenvalue weighted by Gasteiger charge is -2.01. The standard InChI is InChI=1S/C23H16O/c24-23(21-14-8-3-9-15-21)18-22(20-12-6-2-7-13-20)17-16-19-10-4-1-5-11-19/h1-15,18H/b22-18+. The first-order valence-corrected chi connectivity index (χ1v) is 7.76. The molecule has 0 aliphatic heterocycles. The maximum absolute atomic E-state index is 12.5. The Morgan fingerprint density at radius 1 is 0.667 bits per heavy atom. The van der Waals surface area contributed by atoms with Gasteiger partial charge in [-0.05, 0) is 17.7 Å². The molecular weight excluding hydrogens is 292 g/mol. The van der Waals surface area contributed by atoms with Gasteiger partial charge in [-0.2, -0.15) is 0 Å². The van der Waals surface area contributed by atoms with E-state index in [9.17, 15) is 4.79 Å². The van der Waals surface area contributed by atoms with E-state index in [0.29, 0.717) is 11.1 Å². The summed E-state index contributed by atoms with van der Waals surface area (Å²) in [5.41, 5.74) is 3.23. The fourth-order valence-corrected chi connectivity index (χ4v) is 2.29. The SMILES string of the molecule is O=C(/C=C(\C#Cc1ccccc1)c1ccccc1)c1ccccc1. The van der Waals surface area contributed by atoms with Crippen LogP contribution in [0.2, 0.25) is 0 Å². The monoisotopic (exact) mass is 308 g/mol. The van der Waals surface area contributed by atoms with Gasteiger partial charge in [0.2, 0.25) is 0 Å². The molecule has 1 heteroatoms. The third-order valence-corrected chi connectivity index (χ3v) is 3.53. The van der Waals surface area contributed by atoms with Gasteiger partial charge >= 0.3 is 0 Å². The van der Waals surface area contributed by atoms with Gasteiger partial charge in [0, 0.05) is 22.8 Å². The molecule has 3 aromatic carbocycles. The molecule has 3 rings (SSSR count). The molecule has 0 amide bonds. The van der Waals surface area contributed by atoms with Crippen LogP contribution in [-0.2, 0) is 0 Å². The van der Waals surface area contributed by atoms with E-state index in [4.69, 9.17) is 0 Å². The van der Waals surface area contributed by atoms with Crippen LogP contribution in [0.25, 0.3) is 5.57 Å². The van der Waals surface area contributed by atoms with Gasteiger partial charge < -0.3 is 0 Å². The topological polar surface area (TPSA) is 17.1 Å². The van der Waals surface area contributed by atoms with Gasteiger partial charge in [0.15, 0.2) is 5.78 Å². The van der Waals surface area contributed by atoms with Crippen LogP contribution in [0.3, 0.4) is 0 Å². The highest BCUT2D eigenvalue weighted by Gasteiger charge is 2.05. The Balaban J connectivity index is 1.99. The summed E-state index contributed by atoms with van der Waals surface area (Å²) in [5, 5.41) is 0. The number of hydrogen-bond acceptors (Lipinski definition) is 1. The van der Waals surface area contributed by atoms with Gasteiger partial charge in [-0.1, -0.05) is 90.7 Å². The molecule has 114 valence electrons. The van der Waals surface area contributed by atoms with Crippen LogP contribution in [0.15, 0.2) is 97.1 Å². The van der Waals surface area contributed by atoms with Crippen molar-refractivity contribution in [3.63, 3.8) is 0 Å². The molecule has 1 nitrogen and oxygen atoms in total.